The maximum atomic E-state index is 13.5. The summed E-state index contributed by atoms with van der Waals surface area (Å²) in [6, 6.07) is 4.49. The highest BCUT2D eigenvalue weighted by Crippen LogP contribution is 2.13. The van der Waals surface area contributed by atoms with Crippen LogP contribution in [0.1, 0.15) is 17.5 Å². The van der Waals surface area contributed by atoms with Gasteiger partial charge in [0.05, 0.1) is 6.42 Å². The Hall–Kier alpha value is -1.16. The summed E-state index contributed by atoms with van der Waals surface area (Å²) in [7, 11) is 0. The van der Waals surface area contributed by atoms with Crippen molar-refractivity contribution in [3.05, 3.63) is 41.2 Å². The van der Waals surface area contributed by atoms with Gasteiger partial charge in [-0.3, -0.25) is 4.79 Å². The Kier molecular flexibility index (Phi) is 5.19. The lowest BCUT2D eigenvalue weighted by atomic mass is 10.1. The molecule has 1 aromatic carbocycles. The molecule has 0 aliphatic rings. The third kappa shape index (κ3) is 4.14. The summed E-state index contributed by atoms with van der Waals surface area (Å²) in [6.07, 6.45) is 4.24. The second-order valence-electron chi connectivity index (χ2n) is 3.31. The molecule has 0 aliphatic carbocycles. The average Bonchev–Trinajstić information content (AvgIpc) is 2.20. The number of allylic oxidation sites excluding steroid dienone is 1. The van der Waals surface area contributed by atoms with E-state index >= 15 is 0 Å². The summed E-state index contributed by atoms with van der Waals surface area (Å²) < 4.78 is 13.5. The third-order valence-electron chi connectivity index (χ3n) is 1.99. The van der Waals surface area contributed by atoms with Crippen molar-refractivity contribution in [3.63, 3.8) is 0 Å². The summed E-state index contributed by atoms with van der Waals surface area (Å²) in [5, 5.41) is 9.39. The van der Waals surface area contributed by atoms with Gasteiger partial charge in [-0.15, -0.1) is 0 Å². The van der Waals surface area contributed by atoms with E-state index in [2.05, 4.69) is 15.9 Å². The Morgan fingerprint density at radius 3 is 2.81 bits per heavy atom. The standard InChI is InChI=1S/C12H12BrFO2/c13-6-2-1-3-10-5-4-9(7-11(10)14)8-12(15)16/h1,3-5,7H,2,6,8H2,(H,15,16). The SMILES string of the molecule is O=C(O)Cc1ccc(C=CCCBr)c(F)c1. The van der Waals surface area contributed by atoms with E-state index in [1.54, 1.807) is 18.2 Å². The van der Waals surface area contributed by atoms with Crippen LogP contribution in [0.15, 0.2) is 24.3 Å². The summed E-state index contributed by atoms with van der Waals surface area (Å²) in [6.45, 7) is 0. The molecule has 0 amide bonds. The first-order chi connectivity index (χ1) is 7.63. The predicted molar refractivity (Wildman–Crippen MR) is 65.2 cm³/mol. The lowest BCUT2D eigenvalue weighted by Gasteiger charge is -2.00. The van der Waals surface area contributed by atoms with Crippen LogP contribution < -0.4 is 0 Å². The predicted octanol–water partition coefficient (Wildman–Crippen LogP) is 3.25. The van der Waals surface area contributed by atoms with Gasteiger partial charge >= 0.3 is 5.97 Å². The molecule has 1 N–H and O–H groups in total. The van der Waals surface area contributed by atoms with Gasteiger partial charge in [0.2, 0.25) is 0 Å². The molecule has 0 aromatic heterocycles. The van der Waals surface area contributed by atoms with Gasteiger partial charge in [-0.1, -0.05) is 40.2 Å². The second kappa shape index (κ2) is 6.43. The van der Waals surface area contributed by atoms with Gasteiger partial charge in [0, 0.05) is 10.9 Å². The first-order valence-corrected chi connectivity index (χ1v) is 5.98. The summed E-state index contributed by atoms with van der Waals surface area (Å²) >= 11 is 3.27. The number of aliphatic carboxylic acids is 1. The van der Waals surface area contributed by atoms with E-state index in [0.29, 0.717) is 11.1 Å². The third-order valence-corrected chi connectivity index (χ3v) is 2.45. The number of halogens is 2. The molecule has 1 rings (SSSR count). The fraction of sp³-hybridized carbons (Fsp3) is 0.250. The van der Waals surface area contributed by atoms with Gasteiger partial charge < -0.3 is 5.11 Å². The van der Waals surface area contributed by atoms with Gasteiger partial charge in [0.25, 0.3) is 0 Å². The van der Waals surface area contributed by atoms with Crippen molar-refractivity contribution in [2.75, 3.05) is 5.33 Å². The van der Waals surface area contributed by atoms with Crippen LogP contribution in [0.3, 0.4) is 0 Å². The fourth-order valence-corrected chi connectivity index (χ4v) is 1.53. The Balaban J connectivity index is 2.79. The van der Waals surface area contributed by atoms with E-state index in [1.807, 2.05) is 6.08 Å². The molecule has 0 heterocycles. The minimum absolute atomic E-state index is 0.150. The van der Waals surface area contributed by atoms with E-state index in [4.69, 9.17) is 5.11 Å². The minimum Gasteiger partial charge on any atom is -0.481 e. The van der Waals surface area contributed by atoms with Crippen LogP contribution in [-0.4, -0.2) is 16.4 Å². The molecule has 0 atom stereocenters. The minimum atomic E-state index is -0.956. The normalized spacial score (nSPS) is 10.9. The molecule has 4 heteroatoms. The molecule has 0 fully saturated rings. The smallest absolute Gasteiger partial charge is 0.307 e. The van der Waals surface area contributed by atoms with E-state index in [0.717, 1.165) is 11.8 Å². The van der Waals surface area contributed by atoms with Gasteiger partial charge in [0.1, 0.15) is 5.82 Å². The molecular weight excluding hydrogens is 275 g/mol. The first kappa shape index (κ1) is 12.9. The highest BCUT2D eigenvalue weighted by atomic mass is 79.9. The number of alkyl halides is 1. The van der Waals surface area contributed by atoms with Crippen LogP contribution in [0.25, 0.3) is 6.08 Å². The largest absolute Gasteiger partial charge is 0.481 e. The van der Waals surface area contributed by atoms with Crippen molar-refractivity contribution in [3.8, 4) is 0 Å². The average molecular weight is 287 g/mol. The number of benzene rings is 1. The van der Waals surface area contributed by atoms with Crippen LogP contribution in [0.2, 0.25) is 0 Å². The van der Waals surface area contributed by atoms with E-state index in [-0.39, 0.29) is 12.2 Å². The van der Waals surface area contributed by atoms with Gasteiger partial charge in [0.15, 0.2) is 0 Å². The van der Waals surface area contributed by atoms with Crippen LogP contribution in [0.5, 0.6) is 0 Å². The number of hydrogen-bond donors (Lipinski definition) is 1. The first-order valence-electron chi connectivity index (χ1n) is 4.86. The van der Waals surface area contributed by atoms with Crippen molar-refractivity contribution in [1.29, 1.82) is 0 Å². The summed E-state index contributed by atoms with van der Waals surface area (Å²) in [4.78, 5) is 10.4. The molecule has 1 aromatic rings. The molecule has 86 valence electrons. The lowest BCUT2D eigenvalue weighted by molar-refractivity contribution is -0.136. The van der Waals surface area contributed by atoms with Crippen molar-refractivity contribution in [2.24, 2.45) is 0 Å². The molecule has 0 aliphatic heterocycles. The molecular formula is C12H12BrFO2. The van der Waals surface area contributed by atoms with Crippen LogP contribution in [0, 0.1) is 5.82 Å². The summed E-state index contributed by atoms with van der Waals surface area (Å²) in [5.41, 5.74) is 0.956. The van der Waals surface area contributed by atoms with Crippen molar-refractivity contribution in [1.82, 2.24) is 0 Å². The number of rotatable bonds is 5. The molecule has 0 saturated carbocycles. The zero-order chi connectivity index (χ0) is 12.0. The highest BCUT2D eigenvalue weighted by molar-refractivity contribution is 9.09. The maximum absolute atomic E-state index is 13.5. The van der Waals surface area contributed by atoms with Crippen LogP contribution >= 0.6 is 15.9 Å². The number of carboxylic acids is 1. The van der Waals surface area contributed by atoms with Crippen LogP contribution in [-0.2, 0) is 11.2 Å². The Bertz CT molecular complexity index is 402. The van der Waals surface area contributed by atoms with Crippen molar-refractivity contribution < 1.29 is 14.3 Å². The molecule has 0 spiro atoms. The number of carbonyl (C=O) groups is 1. The molecule has 0 bridgehead atoms. The van der Waals surface area contributed by atoms with Crippen molar-refractivity contribution >= 4 is 28.0 Å². The van der Waals surface area contributed by atoms with Gasteiger partial charge in [-0.25, -0.2) is 4.39 Å². The number of hydrogen-bond acceptors (Lipinski definition) is 1. The van der Waals surface area contributed by atoms with E-state index in [1.165, 1.54) is 6.07 Å². The topological polar surface area (TPSA) is 37.3 Å². The Labute approximate surface area is 102 Å². The molecule has 0 unspecified atom stereocenters. The highest BCUT2D eigenvalue weighted by Gasteiger charge is 2.04. The Morgan fingerprint density at radius 1 is 1.50 bits per heavy atom. The summed E-state index contributed by atoms with van der Waals surface area (Å²) in [5.74, 6) is -1.34. The van der Waals surface area contributed by atoms with E-state index < -0.39 is 5.97 Å². The molecule has 0 radical (unpaired) electrons. The Morgan fingerprint density at radius 2 is 2.25 bits per heavy atom. The van der Waals surface area contributed by atoms with E-state index in [9.17, 15) is 9.18 Å². The second-order valence-corrected chi connectivity index (χ2v) is 4.10. The fourth-order valence-electron chi connectivity index (χ4n) is 1.26. The molecule has 16 heavy (non-hydrogen) atoms. The van der Waals surface area contributed by atoms with Crippen molar-refractivity contribution in [2.45, 2.75) is 12.8 Å². The molecule has 0 saturated heterocycles. The van der Waals surface area contributed by atoms with Gasteiger partial charge in [-0.05, 0) is 18.1 Å². The monoisotopic (exact) mass is 286 g/mol. The quantitative estimate of drug-likeness (QED) is 0.844. The van der Waals surface area contributed by atoms with Gasteiger partial charge in [-0.2, -0.15) is 0 Å². The zero-order valence-electron chi connectivity index (χ0n) is 8.62. The zero-order valence-corrected chi connectivity index (χ0v) is 10.2. The lowest BCUT2D eigenvalue weighted by Crippen LogP contribution is -2.00. The maximum Gasteiger partial charge on any atom is 0.307 e. The van der Waals surface area contributed by atoms with Crippen LogP contribution in [0.4, 0.5) is 4.39 Å². The molecule has 2 nitrogen and oxygen atoms in total. The number of carboxylic acid groups (broad SMARTS) is 1.